The number of nitrogens with one attached hydrogen (secondary N) is 2. The summed E-state index contributed by atoms with van der Waals surface area (Å²) in [5.74, 6) is 0.931. The van der Waals surface area contributed by atoms with Gasteiger partial charge in [0.1, 0.15) is 11.4 Å². The van der Waals surface area contributed by atoms with Gasteiger partial charge in [-0.1, -0.05) is 24.3 Å². The molecule has 0 amide bonds. The first kappa shape index (κ1) is 16.8. The molecule has 2 N–H and O–H groups in total. The van der Waals surface area contributed by atoms with Crippen LogP contribution < -0.4 is 15.4 Å². The summed E-state index contributed by atoms with van der Waals surface area (Å²) < 4.78 is 6.07. The second-order valence-corrected chi connectivity index (χ2v) is 7.46. The first-order valence-corrected chi connectivity index (χ1v) is 8.68. The summed E-state index contributed by atoms with van der Waals surface area (Å²) in [6, 6.07) is 14.6. The highest BCUT2D eigenvalue weighted by Crippen LogP contribution is 2.39. The molecule has 0 radical (unpaired) electrons. The number of fused-ring (bicyclic) bond motifs is 1. The molecule has 4 heteroatoms. The lowest BCUT2D eigenvalue weighted by atomic mass is 9.90. The Hall–Kier alpha value is -2.07. The predicted octanol–water partition coefficient (Wildman–Crippen LogP) is 4.89. The molecule has 0 aromatic heterocycles. The Morgan fingerprint density at radius 1 is 1.12 bits per heavy atom. The van der Waals surface area contributed by atoms with Gasteiger partial charge in [0.15, 0.2) is 5.11 Å². The Bertz CT molecular complexity index is 770. The molecule has 2 aromatic carbocycles. The third-order valence-corrected chi connectivity index (χ3v) is 4.67. The molecule has 0 saturated carbocycles. The zero-order valence-corrected chi connectivity index (χ0v) is 15.5. The molecule has 0 bridgehead atoms. The Labute approximate surface area is 149 Å². The molecule has 0 aliphatic carbocycles. The van der Waals surface area contributed by atoms with E-state index in [1.54, 1.807) is 0 Å². The minimum absolute atomic E-state index is 0.136. The number of benzene rings is 2. The van der Waals surface area contributed by atoms with Crippen LogP contribution in [-0.2, 0) is 0 Å². The number of ether oxygens (including phenoxy) is 1. The second-order valence-electron chi connectivity index (χ2n) is 7.05. The average molecular weight is 340 g/mol. The third-order valence-electron chi connectivity index (χ3n) is 4.45. The molecule has 1 aliphatic rings. The summed E-state index contributed by atoms with van der Waals surface area (Å²) >= 11 is 5.53. The summed E-state index contributed by atoms with van der Waals surface area (Å²) in [7, 11) is 0. The fraction of sp³-hybridized carbons (Fsp3) is 0.350. The maximum atomic E-state index is 6.07. The van der Waals surface area contributed by atoms with Crippen LogP contribution in [0.3, 0.4) is 0 Å². The fourth-order valence-corrected chi connectivity index (χ4v) is 3.34. The molecule has 0 fully saturated rings. The van der Waals surface area contributed by atoms with Crippen molar-refractivity contribution in [1.29, 1.82) is 0 Å². The van der Waals surface area contributed by atoms with Crippen molar-refractivity contribution >= 4 is 23.0 Å². The number of rotatable bonds is 2. The normalized spacial score (nSPS) is 18.2. The van der Waals surface area contributed by atoms with E-state index in [4.69, 9.17) is 17.0 Å². The van der Waals surface area contributed by atoms with Crippen molar-refractivity contribution in [2.45, 2.75) is 45.8 Å². The smallest absolute Gasteiger partial charge is 0.171 e. The first-order valence-electron chi connectivity index (χ1n) is 8.27. The number of thiocarbonyl (C=S) groups is 1. The number of para-hydroxylation sites is 1. The van der Waals surface area contributed by atoms with Gasteiger partial charge in [-0.2, -0.15) is 0 Å². The highest BCUT2D eigenvalue weighted by atomic mass is 32.1. The molecule has 3 nitrogen and oxygen atoms in total. The number of anilines is 1. The minimum Gasteiger partial charge on any atom is -0.487 e. The lowest BCUT2D eigenvalue weighted by Gasteiger charge is -2.38. The molecule has 126 valence electrons. The van der Waals surface area contributed by atoms with Crippen LogP contribution in [0.15, 0.2) is 42.5 Å². The highest BCUT2D eigenvalue weighted by molar-refractivity contribution is 7.80. The zero-order valence-electron chi connectivity index (χ0n) is 14.6. The van der Waals surface area contributed by atoms with Crippen molar-refractivity contribution in [2.24, 2.45) is 0 Å². The van der Waals surface area contributed by atoms with Crippen LogP contribution in [0, 0.1) is 13.8 Å². The molecule has 1 unspecified atom stereocenters. The molecule has 1 aliphatic heterocycles. The van der Waals surface area contributed by atoms with Crippen molar-refractivity contribution in [1.82, 2.24) is 5.32 Å². The number of aryl methyl sites for hydroxylation is 2. The van der Waals surface area contributed by atoms with E-state index in [0.717, 1.165) is 23.4 Å². The van der Waals surface area contributed by atoms with Crippen molar-refractivity contribution in [3.8, 4) is 5.75 Å². The summed E-state index contributed by atoms with van der Waals surface area (Å²) in [5.41, 5.74) is 4.47. The van der Waals surface area contributed by atoms with E-state index in [1.807, 2.05) is 18.2 Å². The number of hydrogen-bond acceptors (Lipinski definition) is 2. The van der Waals surface area contributed by atoms with E-state index in [9.17, 15) is 0 Å². The lowest BCUT2D eigenvalue weighted by Crippen LogP contribution is -2.42. The maximum Gasteiger partial charge on any atom is 0.171 e. The topological polar surface area (TPSA) is 33.3 Å². The fourth-order valence-electron chi connectivity index (χ4n) is 3.08. The summed E-state index contributed by atoms with van der Waals surface area (Å²) in [6.07, 6.45) is 0.860. The maximum absolute atomic E-state index is 6.07. The van der Waals surface area contributed by atoms with E-state index in [0.29, 0.717) is 5.11 Å². The molecule has 1 atom stereocenters. The molecular formula is C20H24N2OS. The largest absolute Gasteiger partial charge is 0.487 e. The Morgan fingerprint density at radius 2 is 1.88 bits per heavy atom. The molecule has 3 rings (SSSR count). The Balaban J connectivity index is 1.75. The van der Waals surface area contributed by atoms with Gasteiger partial charge in [0, 0.05) is 17.7 Å². The van der Waals surface area contributed by atoms with Crippen molar-refractivity contribution in [3.05, 3.63) is 59.2 Å². The van der Waals surface area contributed by atoms with Crippen LogP contribution in [0.25, 0.3) is 0 Å². The molecular weight excluding hydrogens is 316 g/mol. The monoisotopic (exact) mass is 340 g/mol. The Kier molecular flexibility index (Phi) is 4.50. The van der Waals surface area contributed by atoms with Crippen LogP contribution in [0.1, 0.15) is 43.0 Å². The quantitative estimate of drug-likeness (QED) is 0.763. The van der Waals surface area contributed by atoms with Gasteiger partial charge >= 0.3 is 0 Å². The van der Waals surface area contributed by atoms with E-state index in [2.05, 4.69) is 62.6 Å². The van der Waals surface area contributed by atoms with Gasteiger partial charge in [0.2, 0.25) is 0 Å². The number of hydrogen-bond donors (Lipinski definition) is 2. The van der Waals surface area contributed by atoms with Crippen LogP contribution in [0.2, 0.25) is 0 Å². The van der Waals surface area contributed by atoms with E-state index in [-0.39, 0.29) is 11.6 Å². The minimum atomic E-state index is -0.220. The van der Waals surface area contributed by atoms with Crippen molar-refractivity contribution in [2.75, 3.05) is 5.32 Å². The first-order chi connectivity index (χ1) is 11.3. The standard InChI is InChI=1S/C20H24N2OS/c1-13-9-10-15(11-14(13)2)21-19(24)22-17-12-20(3,4)23-18-8-6-5-7-16(17)18/h5-11,17H,12H2,1-4H3,(H2,21,22,24). The van der Waals surface area contributed by atoms with E-state index in [1.165, 1.54) is 11.1 Å². The van der Waals surface area contributed by atoms with Crippen LogP contribution in [-0.4, -0.2) is 10.7 Å². The van der Waals surface area contributed by atoms with Gasteiger partial charge < -0.3 is 15.4 Å². The average Bonchev–Trinajstić information content (AvgIpc) is 2.50. The van der Waals surface area contributed by atoms with Gasteiger partial charge in [-0.3, -0.25) is 0 Å². The van der Waals surface area contributed by atoms with E-state index >= 15 is 0 Å². The van der Waals surface area contributed by atoms with Gasteiger partial charge in [0.25, 0.3) is 0 Å². The Morgan fingerprint density at radius 3 is 2.62 bits per heavy atom. The third kappa shape index (κ3) is 3.70. The van der Waals surface area contributed by atoms with Crippen LogP contribution in [0.5, 0.6) is 5.75 Å². The molecule has 0 saturated heterocycles. The molecule has 24 heavy (non-hydrogen) atoms. The van der Waals surface area contributed by atoms with Gasteiger partial charge in [0.05, 0.1) is 6.04 Å². The van der Waals surface area contributed by atoms with Gasteiger partial charge in [-0.25, -0.2) is 0 Å². The van der Waals surface area contributed by atoms with Crippen LogP contribution in [0.4, 0.5) is 5.69 Å². The lowest BCUT2D eigenvalue weighted by molar-refractivity contribution is 0.0697. The second kappa shape index (κ2) is 6.44. The summed E-state index contributed by atoms with van der Waals surface area (Å²) in [6.45, 7) is 8.43. The summed E-state index contributed by atoms with van der Waals surface area (Å²) in [4.78, 5) is 0. The summed E-state index contributed by atoms with van der Waals surface area (Å²) in [5, 5.41) is 7.38. The van der Waals surface area contributed by atoms with Gasteiger partial charge in [-0.05, 0) is 69.2 Å². The van der Waals surface area contributed by atoms with Crippen molar-refractivity contribution < 1.29 is 4.74 Å². The van der Waals surface area contributed by atoms with Crippen LogP contribution >= 0.6 is 12.2 Å². The molecule has 2 aromatic rings. The van der Waals surface area contributed by atoms with Crippen molar-refractivity contribution in [3.63, 3.8) is 0 Å². The highest BCUT2D eigenvalue weighted by Gasteiger charge is 2.33. The molecule has 0 spiro atoms. The zero-order chi connectivity index (χ0) is 17.3. The molecule has 1 heterocycles. The van der Waals surface area contributed by atoms with E-state index < -0.39 is 0 Å². The predicted molar refractivity (Wildman–Crippen MR) is 104 cm³/mol. The SMILES string of the molecule is Cc1ccc(NC(=S)NC2CC(C)(C)Oc3ccccc32)cc1C. The van der Waals surface area contributed by atoms with Gasteiger partial charge in [-0.15, -0.1) is 0 Å².